The number of alkyl halides is 3. The lowest BCUT2D eigenvalue weighted by molar-refractivity contribution is -0.192. The molecule has 0 aliphatic carbocycles. The topological polar surface area (TPSA) is 83.2 Å². The van der Waals surface area contributed by atoms with Gasteiger partial charge in [0.1, 0.15) is 17.3 Å². The van der Waals surface area contributed by atoms with Crippen LogP contribution < -0.4 is 4.74 Å². The van der Waals surface area contributed by atoms with E-state index in [1.165, 1.54) is 12.0 Å². The number of ether oxygens (including phenoxy) is 1. The fraction of sp³-hybridized carbons (Fsp3) is 0.571. The molecule has 2 aliphatic rings. The Balaban J connectivity index is 0.000000505. The predicted octanol–water partition coefficient (Wildman–Crippen LogP) is 5.69. The number of likely N-dealkylation sites (tertiary alicyclic amines) is 2. The van der Waals surface area contributed by atoms with Crippen LogP contribution in [0, 0.1) is 25.2 Å². The minimum atomic E-state index is -5.08. The number of hydrogen-bond acceptors (Lipinski definition) is 5. The summed E-state index contributed by atoms with van der Waals surface area (Å²) in [4.78, 5) is 26.4. The summed E-state index contributed by atoms with van der Waals surface area (Å²) in [6.45, 7) is 13.7. The highest BCUT2D eigenvalue weighted by Crippen LogP contribution is 2.41. The number of aliphatic carboxylic acids is 1. The Hall–Kier alpha value is -3.01. The van der Waals surface area contributed by atoms with Gasteiger partial charge in [-0.25, -0.2) is 4.79 Å². The van der Waals surface area contributed by atoms with Crippen LogP contribution in [-0.4, -0.2) is 65.7 Å². The number of carbonyl (C=O) groups excluding carboxylic acids is 1. The number of halogens is 3. The van der Waals surface area contributed by atoms with Gasteiger partial charge in [-0.2, -0.15) is 13.2 Å². The van der Waals surface area contributed by atoms with Gasteiger partial charge in [0.15, 0.2) is 0 Å². The molecule has 1 aromatic carbocycles. The van der Waals surface area contributed by atoms with E-state index in [0.717, 1.165) is 75.0 Å². The van der Waals surface area contributed by atoms with Crippen molar-refractivity contribution >= 4 is 11.9 Å². The molecule has 210 valence electrons. The standard InChI is InChI=1S/C26H36N2O3.C2HF3O2/c1-19(2)17-30-24-8-6-5-7-22(24)16-27-12-9-26(18-27)10-13-28(14-11-26)25(29)23-15-20(3)31-21(23)4;3-2(4,5)1(6)7/h5-8,15,19H,9-14,16-18H2,1-4H3;(H,6,7). The summed E-state index contributed by atoms with van der Waals surface area (Å²) in [7, 11) is 0. The van der Waals surface area contributed by atoms with Crippen molar-refractivity contribution in [3.8, 4) is 5.75 Å². The van der Waals surface area contributed by atoms with Crippen LogP contribution in [-0.2, 0) is 11.3 Å². The number of hydrogen-bond donors (Lipinski definition) is 1. The van der Waals surface area contributed by atoms with Crippen LogP contribution in [0.5, 0.6) is 5.75 Å². The van der Waals surface area contributed by atoms with Crippen molar-refractivity contribution in [2.75, 3.05) is 32.8 Å². The normalized spacial score (nSPS) is 17.4. The number of nitrogens with zero attached hydrogens (tertiary/aromatic N) is 2. The molecule has 2 saturated heterocycles. The van der Waals surface area contributed by atoms with Gasteiger partial charge in [0.05, 0.1) is 12.2 Å². The average molecular weight is 539 g/mol. The van der Waals surface area contributed by atoms with Gasteiger partial charge in [-0.3, -0.25) is 9.69 Å². The second-order valence-electron chi connectivity index (χ2n) is 10.7. The fourth-order valence-corrected chi connectivity index (χ4v) is 5.04. The molecule has 1 spiro atoms. The zero-order valence-electron chi connectivity index (χ0n) is 22.4. The summed E-state index contributed by atoms with van der Waals surface area (Å²) in [5.74, 6) is 0.434. The first-order valence-electron chi connectivity index (χ1n) is 12.9. The molecule has 10 heteroatoms. The molecule has 0 radical (unpaired) electrons. The first-order chi connectivity index (χ1) is 17.8. The molecule has 0 unspecified atom stereocenters. The maximum absolute atomic E-state index is 12.9. The number of amides is 1. The lowest BCUT2D eigenvalue weighted by atomic mass is 9.77. The molecule has 1 N–H and O–H groups in total. The van der Waals surface area contributed by atoms with Gasteiger partial charge in [0, 0.05) is 31.7 Å². The number of furan rings is 1. The monoisotopic (exact) mass is 538 g/mol. The SMILES string of the molecule is Cc1cc(C(=O)N2CCC3(CCN(Cc4ccccc4OCC(C)C)C3)CC2)c(C)o1.O=C(O)C(F)(F)F. The Morgan fingerprint density at radius 2 is 1.71 bits per heavy atom. The third kappa shape index (κ3) is 7.75. The minimum absolute atomic E-state index is 0.121. The number of carboxylic acids is 1. The van der Waals surface area contributed by atoms with Crippen LogP contribution >= 0.6 is 0 Å². The van der Waals surface area contributed by atoms with E-state index >= 15 is 0 Å². The van der Waals surface area contributed by atoms with Crippen molar-refractivity contribution in [2.45, 2.75) is 59.7 Å². The molecule has 0 saturated carbocycles. The first-order valence-corrected chi connectivity index (χ1v) is 12.9. The summed E-state index contributed by atoms with van der Waals surface area (Å²) in [5.41, 5.74) is 2.34. The van der Waals surface area contributed by atoms with E-state index in [1.807, 2.05) is 24.8 Å². The maximum atomic E-state index is 12.9. The van der Waals surface area contributed by atoms with Crippen LogP contribution in [0.15, 0.2) is 34.7 Å². The highest BCUT2D eigenvalue weighted by atomic mass is 19.4. The molecule has 38 heavy (non-hydrogen) atoms. The smallest absolute Gasteiger partial charge is 0.490 e. The van der Waals surface area contributed by atoms with E-state index in [-0.39, 0.29) is 5.91 Å². The fourth-order valence-electron chi connectivity index (χ4n) is 5.04. The highest BCUT2D eigenvalue weighted by Gasteiger charge is 2.42. The first kappa shape index (κ1) is 29.5. The van der Waals surface area contributed by atoms with E-state index < -0.39 is 12.1 Å². The maximum Gasteiger partial charge on any atom is 0.490 e. The van der Waals surface area contributed by atoms with Gasteiger partial charge in [-0.1, -0.05) is 32.0 Å². The van der Waals surface area contributed by atoms with Crippen molar-refractivity contribution < 1.29 is 37.0 Å². The Kier molecular flexibility index (Phi) is 9.51. The molecular formula is C28H37F3N2O5. The lowest BCUT2D eigenvalue weighted by Gasteiger charge is -2.39. The molecule has 2 fully saturated rings. The van der Waals surface area contributed by atoms with Gasteiger partial charge < -0.3 is 19.2 Å². The number of carbonyl (C=O) groups is 2. The largest absolute Gasteiger partial charge is 0.493 e. The van der Waals surface area contributed by atoms with E-state index in [9.17, 15) is 18.0 Å². The van der Waals surface area contributed by atoms with E-state index in [1.54, 1.807) is 0 Å². The van der Waals surface area contributed by atoms with Gasteiger partial charge in [-0.05, 0) is 63.1 Å². The van der Waals surface area contributed by atoms with Gasteiger partial charge in [0.25, 0.3) is 5.91 Å². The highest BCUT2D eigenvalue weighted by molar-refractivity contribution is 5.95. The quantitative estimate of drug-likeness (QED) is 0.509. The summed E-state index contributed by atoms with van der Waals surface area (Å²) >= 11 is 0. The summed E-state index contributed by atoms with van der Waals surface area (Å²) in [6, 6.07) is 10.3. The molecule has 3 heterocycles. The van der Waals surface area contributed by atoms with Gasteiger partial charge in [0.2, 0.25) is 0 Å². The zero-order valence-corrected chi connectivity index (χ0v) is 22.4. The van der Waals surface area contributed by atoms with Crippen LogP contribution in [0.25, 0.3) is 0 Å². The summed E-state index contributed by atoms with van der Waals surface area (Å²) in [5, 5.41) is 7.12. The number of piperidine rings is 1. The van der Waals surface area contributed by atoms with E-state index in [2.05, 4.69) is 43.0 Å². The third-order valence-corrected chi connectivity index (χ3v) is 7.08. The Bertz CT molecular complexity index is 1100. The number of carboxylic acid groups (broad SMARTS) is 1. The van der Waals surface area contributed by atoms with Crippen molar-refractivity contribution in [1.29, 1.82) is 0 Å². The molecule has 1 aromatic heterocycles. The van der Waals surface area contributed by atoms with Crippen LogP contribution in [0.3, 0.4) is 0 Å². The second-order valence-corrected chi connectivity index (χ2v) is 10.7. The minimum Gasteiger partial charge on any atom is -0.493 e. The number of rotatable bonds is 6. The number of aryl methyl sites for hydroxylation is 2. The summed E-state index contributed by atoms with van der Waals surface area (Å²) in [6.07, 6.45) is -1.71. The molecule has 0 atom stereocenters. The van der Waals surface area contributed by atoms with E-state index in [4.69, 9.17) is 19.1 Å². The molecule has 2 aliphatic heterocycles. The molecule has 1 amide bonds. The molecule has 7 nitrogen and oxygen atoms in total. The molecule has 4 rings (SSSR count). The van der Waals surface area contributed by atoms with Crippen molar-refractivity contribution in [2.24, 2.45) is 11.3 Å². The van der Waals surface area contributed by atoms with Crippen LogP contribution in [0.2, 0.25) is 0 Å². The van der Waals surface area contributed by atoms with Crippen molar-refractivity contribution in [3.05, 3.63) is 53.0 Å². The third-order valence-electron chi connectivity index (χ3n) is 7.08. The number of benzene rings is 1. The molecule has 0 bridgehead atoms. The summed E-state index contributed by atoms with van der Waals surface area (Å²) < 4.78 is 43.4. The lowest BCUT2D eigenvalue weighted by Crippen LogP contribution is -2.44. The van der Waals surface area contributed by atoms with Gasteiger partial charge >= 0.3 is 12.1 Å². The average Bonchev–Trinajstić information content (AvgIpc) is 3.39. The predicted molar refractivity (Wildman–Crippen MR) is 136 cm³/mol. The Labute approximate surface area is 221 Å². The van der Waals surface area contributed by atoms with Gasteiger partial charge in [-0.15, -0.1) is 0 Å². The second kappa shape index (κ2) is 12.2. The number of para-hydroxylation sites is 1. The Morgan fingerprint density at radius 3 is 2.26 bits per heavy atom. The van der Waals surface area contributed by atoms with Crippen molar-refractivity contribution in [1.82, 2.24) is 9.80 Å². The Morgan fingerprint density at radius 1 is 1.11 bits per heavy atom. The molecular weight excluding hydrogens is 501 g/mol. The van der Waals surface area contributed by atoms with Crippen LogP contribution in [0.4, 0.5) is 13.2 Å². The molecule has 2 aromatic rings. The van der Waals surface area contributed by atoms with Crippen LogP contribution in [0.1, 0.15) is 60.6 Å². The van der Waals surface area contributed by atoms with E-state index in [0.29, 0.717) is 11.3 Å². The van der Waals surface area contributed by atoms with Crippen molar-refractivity contribution in [3.63, 3.8) is 0 Å². The zero-order chi connectivity index (χ0) is 28.1.